The lowest BCUT2D eigenvalue weighted by Gasteiger charge is -2.43. The molecule has 1 aromatic rings. The van der Waals surface area contributed by atoms with E-state index in [1.807, 2.05) is 19.9 Å². The van der Waals surface area contributed by atoms with Gasteiger partial charge in [-0.25, -0.2) is 0 Å². The number of hydrogen-bond donors (Lipinski definition) is 2. The van der Waals surface area contributed by atoms with E-state index >= 15 is 0 Å². The third kappa shape index (κ3) is 4.64. The number of halogens is 2. The van der Waals surface area contributed by atoms with Gasteiger partial charge >= 0.3 is 0 Å². The number of aliphatic hydroxyl groups is 1. The molecule has 0 saturated carbocycles. The van der Waals surface area contributed by atoms with E-state index in [2.05, 4.69) is 26.1 Å². The zero-order chi connectivity index (χ0) is 16.3. The van der Waals surface area contributed by atoms with Crippen LogP contribution in [-0.4, -0.2) is 47.7 Å². The summed E-state index contributed by atoms with van der Waals surface area (Å²) in [7, 11) is 0. The van der Waals surface area contributed by atoms with E-state index in [0.717, 1.165) is 31.7 Å². The van der Waals surface area contributed by atoms with Crippen LogP contribution in [0.3, 0.4) is 0 Å². The van der Waals surface area contributed by atoms with E-state index < -0.39 is 0 Å². The number of nitrogens with one attached hydrogen (secondary N) is 1. The van der Waals surface area contributed by atoms with Crippen LogP contribution >= 0.6 is 28.3 Å². The van der Waals surface area contributed by atoms with Gasteiger partial charge in [0.05, 0.1) is 9.40 Å². The quantitative estimate of drug-likeness (QED) is 0.578. The molecule has 0 aromatic heterocycles. The third-order valence-electron chi connectivity index (χ3n) is 4.15. The Hall–Kier alpha value is -0.730. The molecule has 0 spiro atoms. The van der Waals surface area contributed by atoms with E-state index in [0.29, 0.717) is 4.47 Å². The molecule has 130 valence electrons. The van der Waals surface area contributed by atoms with Crippen molar-refractivity contribution >= 4 is 34.0 Å². The van der Waals surface area contributed by atoms with Crippen LogP contribution in [0.4, 0.5) is 5.69 Å². The van der Waals surface area contributed by atoms with Gasteiger partial charge in [-0.1, -0.05) is 19.9 Å². The number of hydrogen-bond acceptors (Lipinski definition) is 5. The molecule has 1 atom stereocenters. The van der Waals surface area contributed by atoms with Crippen molar-refractivity contribution in [3.63, 3.8) is 0 Å². The van der Waals surface area contributed by atoms with Gasteiger partial charge in [0.25, 0.3) is 5.69 Å². The zero-order valence-corrected chi connectivity index (χ0v) is 15.7. The van der Waals surface area contributed by atoms with Gasteiger partial charge in [-0.05, 0) is 27.6 Å². The maximum atomic E-state index is 11.2. The van der Waals surface area contributed by atoms with Crippen molar-refractivity contribution in [2.75, 3.05) is 32.8 Å². The summed E-state index contributed by atoms with van der Waals surface area (Å²) in [6, 6.07) is 5.18. The molecule has 1 aromatic carbocycles. The lowest BCUT2D eigenvalue weighted by Crippen LogP contribution is -2.49. The van der Waals surface area contributed by atoms with Gasteiger partial charge in [-0.15, -0.1) is 12.4 Å². The van der Waals surface area contributed by atoms with Gasteiger partial charge < -0.3 is 10.4 Å². The summed E-state index contributed by atoms with van der Waals surface area (Å²) in [5.74, 6) is 0. The van der Waals surface area contributed by atoms with Crippen LogP contribution < -0.4 is 5.32 Å². The van der Waals surface area contributed by atoms with Gasteiger partial charge in [-0.3, -0.25) is 15.0 Å². The highest BCUT2D eigenvalue weighted by molar-refractivity contribution is 9.10. The molecule has 8 heteroatoms. The molecule has 1 aliphatic rings. The number of benzene rings is 1. The first-order valence-corrected chi connectivity index (χ1v) is 8.15. The smallest absolute Gasteiger partial charge is 0.283 e. The second kappa shape index (κ2) is 8.39. The molecule has 1 fully saturated rings. The maximum absolute atomic E-state index is 11.2. The molecule has 1 heterocycles. The number of nitro groups is 1. The van der Waals surface area contributed by atoms with Crippen molar-refractivity contribution in [1.82, 2.24) is 10.2 Å². The van der Waals surface area contributed by atoms with E-state index in [4.69, 9.17) is 0 Å². The fourth-order valence-electron chi connectivity index (χ4n) is 3.02. The summed E-state index contributed by atoms with van der Waals surface area (Å²) in [6.45, 7) is 7.50. The van der Waals surface area contributed by atoms with Crippen molar-refractivity contribution in [1.29, 1.82) is 0 Å². The molecule has 0 radical (unpaired) electrons. The highest BCUT2D eigenvalue weighted by Gasteiger charge is 2.36. The Labute approximate surface area is 150 Å². The first-order valence-electron chi connectivity index (χ1n) is 7.36. The normalized spacial score (nSPS) is 17.4. The monoisotopic (exact) mass is 407 g/mol. The Morgan fingerprint density at radius 2 is 2.04 bits per heavy atom. The number of rotatable bonds is 5. The van der Waals surface area contributed by atoms with Crippen molar-refractivity contribution in [3.8, 4) is 0 Å². The van der Waals surface area contributed by atoms with Crippen LogP contribution in [0.1, 0.15) is 25.5 Å². The molecule has 1 saturated heterocycles. The number of nitrogens with zero attached hydrogens (tertiary/aromatic N) is 2. The standard InChI is InChI=1S/C15H22BrN3O3.ClH/c1-15(2,10-20)14(18-7-5-17-6-8-18)11-3-4-12(16)13(9-11)19(21)22;/h3-4,9,14,17,20H,5-8,10H2,1-2H3;1H/t14-;/m1./s1. The summed E-state index contributed by atoms with van der Waals surface area (Å²) >= 11 is 3.23. The Bertz CT molecular complexity index is 551. The van der Waals surface area contributed by atoms with Crippen LogP contribution in [0, 0.1) is 15.5 Å². The van der Waals surface area contributed by atoms with E-state index in [1.54, 1.807) is 12.1 Å². The fraction of sp³-hybridized carbons (Fsp3) is 0.600. The van der Waals surface area contributed by atoms with Gasteiger partial charge in [-0.2, -0.15) is 0 Å². The van der Waals surface area contributed by atoms with E-state index in [9.17, 15) is 15.2 Å². The van der Waals surface area contributed by atoms with Gasteiger partial charge in [0, 0.05) is 50.3 Å². The summed E-state index contributed by atoms with van der Waals surface area (Å²) in [5, 5.41) is 24.3. The predicted molar refractivity (Wildman–Crippen MR) is 96.1 cm³/mol. The van der Waals surface area contributed by atoms with E-state index in [-0.39, 0.29) is 41.1 Å². The van der Waals surface area contributed by atoms with Crippen LogP contribution in [-0.2, 0) is 0 Å². The van der Waals surface area contributed by atoms with Gasteiger partial charge in [0.15, 0.2) is 0 Å². The highest BCUT2D eigenvalue weighted by Crippen LogP contribution is 2.40. The van der Waals surface area contributed by atoms with Crippen LogP contribution in [0.5, 0.6) is 0 Å². The largest absolute Gasteiger partial charge is 0.396 e. The fourth-order valence-corrected chi connectivity index (χ4v) is 3.41. The minimum absolute atomic E-state index is 0. The molecule has 0 unspecified atom stereocenters. The first-order chi connectivity index (χ1) is 10.4. The molecule has 0 bridgehead atoms. The van der Waals surface area contributed by atoms with Crippen molar-refractivity contribution in [2.45, 2.75) is 19.9 Å². The summed E-state index contributed by atoms with van der Waals surface area (Å²) < 4.78 is 0.474. The Morgan fingerprint density at radius 3 is 2.57 bits per heavy atom. The number of piperazine rings is 1. The lowest BCUT2D eigenvalue weighted by atomic mass is 9.79. The SMILES string of the molecule is CC(C)(CO)[C@@H](c1ccc(Br)c([N+](=O)[O-])c1)N1CCNCC1.Cl. The predicted octanol–water partition coefficient (Wildman–Crippen LogP) is 2.74. The second-order valence-electron chi connectivity index (χ2n) is 6.30. The molecular weight excluding hydrogens is 386 g/mol. The van der Waals surface area contributed by atoms with Gasteiger partial charge in [0.2, 0.25) is 0 Å². The van der Waals surface area contributed by atoms with Crippen LogP contribution in [0.25, 0.3) is 0 Å². The Kier molecular flexibility index (Phi) is 7.41. The first kappa shape index (κ1) is 20.3. The molecule has 2 N–H and O–H groups in total. The minimum atomic E-state index is -0.390. The second-order valence-corrected chi connectivity index (χ2v) is 7.16. The van der Waals surface area contributed by atoms with Crippen molar-refractivity contribution < 1.29 is 10.0 Å². The molecule has 0 amide bonds. The molecule has 23 heavy (non-hydrogen) atoms. The third-order valence-corrected chi connectivity index (χ3v) is 4.82. The van der Waals surface area contributed by atoms with Crippen LogP contribution in [0.2, 0.25) is 0 Å². The maximum Gasteiger partial charge on any atom is 0.283 e. The highest BCUT2D eigenvalue weighted by atomic mass is 79.9. The summed E-state index contributed by atoms with van der Waals surface area (Å²) in [5.41, 5.74) is 0.543. The summed E-state index contributed by atoms with van der Waals surface area (Å²) in [4.78, 5) is 13.1. The molecule has 0 aliphatic carbocycles. The number of aliphatic hydroxyl groups excluding tert-OH is 1. The Morgan fingerprint density at radius 1 is 1.43 bits per heavy atom. The van der Waals surface area contributed by atoms with Crippen LogP contribution in [0.15, 0.2) is 22.7 Å². The lowest BCUT2D eigenvalue weighted by molar-refractivity contribution is -0.385. The molecule has 2 rings (SSSR count). The topological polar surface area (TPSA) is 78.6 Å². The average Bonchev–Trinajstić information content (AvgIpc) is 2.50. The van der Waals surface area contributed by atoms with E-state index in [1.165, 1.54) is 0 Å². The Balaban J connectivity index is 0.00000264. The minimum Gasteiger partial charge on any atom is -0.396 e. The molecule has 6 nitrogen and oxygen atoms in total. The number of nitro benzene ring substituents is 1. The van der Waals surface area contributed by atoms with Gasteiger partial charge in [0.1, 0.15) is 0 Å². The molecule has 1 aliphatic heterocycles. The zero-order valence-electron chi connectivity index (χ0n) is 13.3. The summed E-state index contributed by atoms with van der Waals surface area (Å²) in [6.07, 6.45) is 0. The van der Waals surface area contributed by atoms with Crippen molar-refractivity contribution in [3.05, 3.63) is 38.3 Å². The average molecular weight is 409 g/mol. The molecular formula is C15H23BrClN3O3. The van der Waals surface area contributed by atoms with Crippen molar-refractivity contribution in [2.24, 2.45) is 5.41 Å².